The summed E-state index contributed by atoms with van der Waals surface area (Å²) in [6, 6.07) is 26.1. The first-order valence-corrected chi connectivity index (χ1v) is 9.05. The lowest BCUT2D eigenvalue weighted by molar-refractivity contribution is 0.0951. The van der Waals surface area contributed by atoms with Gasteiger partial charge in [0.2, 0.25) is 0 Å². The first kappa shape index (κ1) is 16.3. The minimum absolute atomic E-state index is 0.0523. The third kappa shape index (κ3) is 4.06. The molecule has 0 aromatic heterocycles. The van der Waals surface area contributed by atoms with Crippen LogP contribution in [0.3, 0.4) is 0 Å². The van der Waals surface area contributed by atoms with Crippen LogP contribution in [-0.2, 0) is 6.54 Å². The standard InChI is InChI=1S/C21H19NOS/c1-24-20-13-7-16(8-14-20)15-22-21(23)19-11-9-18(10-12-19)17-5-3-2-4-6-17/h2-14H,15H2,1H3,(H,22,23). The molecule has 3 heteroatoms. The smallest absolute Gasteiger partial charge is 0.251 e. The number of nitrogens with one attached hydrogen (secondary N) is 1. The van der Waals surface area contributed by atoms with Crippen LogP contribution in [0.5, 0.6) is 0 Å². The normalized spacial score (nSPS) is 10.4. The summed E-state index contributed by atoms with van der Waals surface area (Å²) in [6.45, 7) is 0.536. The topological polar surface area (TPSA) is 29.1 Å². The van der Waals surface area contributed by atoms with Crippen LogP contribution < -0.4 is 5.32 Å². The van der Waals surface area contributed by atoms with E-state index in [-0.39, 0.29) is 5.91 Å². The molecule has 1 amide bonds. The van der Waals surface area contributed by atoms with E-state index < -0.39 is 0 Å². The minimum Gasteiger partial charge on any atom is -0.348 e. The summed E-state index contributed by atoms with van der Waals surface area (Å²) in [4.78, 5) is 13.5. The van der Waals surface area contributed by atoms with Crippen LogP contribution in [-0.4, -0.2) is 12.2 Å². The largest absolute Gasteiger partial charge is 0.348 e. The third-order valence-corrected chi connectivity index (χ3v) is 4.61. The Labute approximate surface area is 146 Å². The number of thioether (sulfide) groups is 1. The van der Waals surface area contributed by atoms with E-state index in [2.05, 4.69) is 35.8 Å². The van der Waals surface area contributed by atoms with Crippen molar-refractivity contribution >= 4 is 17.7 Å². The van der Waals surface area contributed by atoms with E-state index >= 15 is 0 Å². The van der Waals surface area contributed by atoms with Crippen molar-refractivity contribution in [1.29, 1.82) is 0 Å². The molecule has 0 fully saturated rings. The van der Waals surface area contributed by atoms with Crippen molar-refractivity contribution in [3.63, 3.8) is 0 Å². The van der Waals surface area contributed by atoms with Gasteiger partial charge in [0.25, 0.3) is 5.91 Å². The van der Waals surface area contributed by atoms with Crippen molar-refractivity contribution in [2.75, 3.05) is 6.26 Å². The molecule has 0 radical (unpaired) electrons. The van der Waals surface area contributed by atoms with Crippen LogP contribution in [0.1, 0.15) is 15.9 Å². The second-order valence-electron chi connectivity index (χ2n) is 5.47. The number of benzene rings is 3. The maximum Gasteiger partial charge on any atom is 0.251 e. The number of amides is 1. The molecule has 0 spiro atoms. The van der Waals surface area contributed by atoms with Crippen molar-refractivity contribution in [2.24, 2.45) is 0 Å². The van der Waals surface area contributed by atoms with E-state index in [1.165, 1.54) is 4.90 Å². The van der Waals surface area contributed by atoms with Crippen molar-refractivity contribution in [3.8, 4) is 11.1 Å². The lowest BCUT2D eigenvalue weighted by atomic mass is 10.0. The molecule has 0 saturated heterocycles. The molecule has 0 saturated carbocycles. The molecule has 0 aliphatic rings. The molecule has 0 heterocycles. The molecule has 0 bridgehead atoms. The van der Waals surface area contributed by atoms with Gasteiger partial charge in [-0.15, -0.1) is 11.8 Å². The Balaban J connectivity index is 1.62. The molecule has 0 unspecified atom stereocenters. The molecule has 3 aromatic carbocycles. The Morgan fingerprint density at radius 1 is 0.833 bits per heavy atom. The highest BCUT2D eigenvalue weighted by atomic mass is 32.2. The van der Waals surface area contributed by atoms with Gasteiger partial charge in [-0.25, -0.2) is 0 Å². The van der Waals surface area contributed by atoms with Gasteiger partial charge in [-0.3, -0.25) is 4.79 Å². The summed E-state index contributed by atoms with van der Waals surface area (Å²) >= 11 is 1.71. The first-order chi connectivity index (χ1) is 11.8. The third-order valence-electron chi connectivity index (χ3n) is 3.87. The molecule has 1 N–H and O–H groups in total. The summed E-state index contributed by atoms with van der Waals surface area (Å²) in [7, 11) is 0. The zero-order valence-corrected chi connectivity index (χ0v) is 14.3. The highest BCUT2D eigenvalue weighted by molar-refractivity contribution is 7.98. The summed E-state index contributed by atoms with van der Waals surface area (Å²) in [5.74, 6) is -0.0523. The van der Waals surface area contributed by atoms with Gasteiger partial charge in [0.05, 0.1) is 0 Å². The number of carbonyl (C=O) groups excluding carboxylic acids is 1. The van der Waals surface area contributed by atoms with Crippen molar-refractivity contribution < 1.29 is 4.79 Å². The van der Waals surface area contributed by atoms with Crippen molar-refractivity contribution in [3.05, 3.63) is 90.0 Å². The van der Waals surface area contributed by atoms with Crippen molar-refractivity contribution in [2.45, 2.75) is 11.4 Å². The van der Waals surface area contributed by atoms with E-state index in [0.717, 1.165) is 16.7 Å². The van der Waals surface area contributed by atoms with E-state index in [9.17, 15) is 4.79 Å². The van der Waals surface area contributed by atoms with Crippen molar-refractivity contribution in [1.82, 2.24) is 5.32 Å². The lowest BCUT2D eigenvalue weighted by Gasteiger charge is -2.07. The average Bonchev–Trinajstić information content (AvgIpc) is 2.67. The summed E-state index contributed by atoms with van der Waals surface area (Å²) in [5, 5.41) is 2.97. The zero-order valence-electron chi connectivity index (χ0n) is 13.5. The molecule has 0 aliphatic carbocycles. The van der Waals surface area contributed by atoms with Crippen LogP contribution in [0.15, 0.2) is 83.8 Å². The Morgan fingerprint density at radius 2 is 1.46 bits per heavy atom. The van der Waals surface area contributed by atoms with Gasteiger partial charge < -0.3 is 5.32 Å². The Hall–Kier alpha value is -2.52. The number of rotatable bonds is 5. The van der Waals surface area contributed by atoms with Gasteiger partial charge in [-0.05, 0) is 47.2 Å². The predicted octanol–water partition coefficient (Wildman–Crippen LogP) is 5.01. The zero-order chi connectivity index (χ0) is 16.8. The van der Waals surface area contributed by atoms with E-state index in [1.807, 2.05) is 54.6 Å². The average molecular weight is 333 g/mol. The molecule has 0 aliphatic heterocycles. The van der Waals surface area contributed by atoms with Gasteiger partial charge in [0, 0.05) is 17.0 Å². The van der Waals surface area contributed by atoms with E-state index in [1.54, 1.807) is 11.8 Å². The maximum atomic E-state index is 12.3. The van der Waals surface area contributed by atoms with Crippen LogP contribution in [0, 0.1) is 0 Å². The molecule has 3 aromatic rings. The second kappa shape index (κ2) is 7.84. The fourth-order valence-corrected chi connectivity index (χ4v) is 2.88. The Bertz CT molecular complexity index is 796. The molecule has 24 heavy (non-hydrogen) atoms. The van der Waals surface area contributed by atoms with Crippen LogP contribution in [0.25, 0.3) is 11.1 Å². The van der Waals surface area contributed by atoms with Gasteiger partial charge in [-0.2, -0.15) is 0 Å². The minimum atomic E-state index is -0.0523. The fraction of sp³-hybridized carbons (Fsp3) is 0.0952. The molecule has 120 valence electrons. The summed E-state index contributed by atoms with van der Waals surface area (Å²) in [5.41, 5.74) is 4.04. The quantitative estimate of drug-likeness (QED) is 0.665. The molecular formula is C21H19NOS. The number of hydrogen-bond acceptors (Lipinski definition) is 2. The molecule has 3 rings (SSSR count). The van der Waals surface area contributed by atoms with Gasteiger partial charge in [-0.1, -0.05) is 54.6 Å². The second-order valence-corrected chi connectivity index (χ2v) is 6.35. The summed E-state index contributed by atoms with van der Waals surface area (Å²) in [6.07, 6.45) is 2.05. The van der Waals surface area contributed by atoms with E-state index in [4.69, 9.17) is 0 Å². The summed E-state index contributed by atoms with van der Waals surface area (Å²) < 4.78 is 0. The fourth-order valence-electron chi connectivity index (χ4n) is 2.47. The SMILES string of the molecule is CSc1ccc(CNC(=O)c2ccc(-c3ccccc3)cc2)cc1. The highest BCUT2D eigenvalue weighted by Gasteiger charge is 2.06. The van der Waals surface area contributed by atoms with E-state index in [0.29, 0.717) is 12.1 Å². The first-order valence-electron chi connectivity index (χ1n) is 7.83. The molecular weight excluding hydrogens is 314 g/mol. The molecule has 0 atom stereocenters. The van der Waals surface area contributed by atoms with Gasteiger partial charge >= 0.3 is 0 Å². The van der Waals surface area contributed by atoms with Crippen LogP contribution in [0.2, 0.25) is 0 Å². The van der Waals surface area contributed by atoms with Crippen LogP contribution in [0.4, 0.5) is 0 Å². The lowest BCUT2D eigenvalue weighted by Crippen LogP contribution is -2.22. The predicted molar refractivity (Wildman–Crippen MR) is 101 cm³/mol. The highest BCUT2D eigenvalue weighted by Crippen LogP contribution is 2.19. The maximum absolute atomic E-state index is 12.3. The number of carbonyl (C=O) groups is 1. The monoisotopic (exact) mass is 333 g/mol. The van der Waals surface area contributed by atoms with Gasteiger partial charge in [0.15, 0.2) is 0 Å². The van der Waals surface area contributed by atoms with Crippen LogP contribution >= 0.6 is 11.8 Å². The Morgan fingerprint density at radius 3 is 2.08 bits per heavy atom. The van der Waals surface area contributed by atoms with Gasteiger partial charge in [0.1, 0.15) is 0 Å². The number of hydrogen-bond donors (Lipinski definition) is 1. The molecule has 2 nitrogen and oxygen atoms in total. The Kier molecular flexibility index (Phi) is 5.34.